The molecule has 7 aromatic carbocycles. The van der Waals surface area contributed by atoms with E-state index in [0.717, 1.165) is 27.8 Å². The molecule has 8 rings (SSSR count). The normalized spacial score (nSPS) is 11.5. The second-order valence-electron chi connectivity index (χ2n) is 11.6. The second kappa shape index (κ2) is 11.5. The average Bonchev–Trinajstić information content (AvgIpc) is 3.47. The fourth-order valence-corrected chi connectivity index (χ4v) is 12.1. The zero-order chi connectivity index (χ0) is 30.9. The van der Waals surface area contributed by atoms with Crippen molar-refractivity contribution in [1.29, 1.82) is 0 Å². The number of aromatic nitrogens is 1. The lowest BCUT2D eigenvalue weighted by Crippen LogP contribution is -2.74. The molecule has 1 heterocycles. The first-order valence-corrected chi connectivity index (χ1v) is 17.6. The lowest BCUT2D eigenvalue weighted by molar-refractivity contribution is 1.18. The van der Waals surface area contributed by atoms with Gasteiger partial charge in [-0.1, -0.05) is 164 Å². The van der Waals surface area contributed by atoms with E-state index in [-0.39, 0.29) is 0 Å². The van der Waals surface area contributed by atoms with E-state index in [2.05, 4.69) is 179 Å². The van der Waals surface area contributed by atoms with Gasteiger partial charge in [0.15, 0.2) is 13.8 Å². The van der Waals surface area contributed by atoms with E-state index in [1.165, 1.54) is 31.5 Å². The standard InChI is InChI=1S/C43H30N2Si/c1-44-39-27-16-30-42(45-40-28-13-11-25-37(40)38-26-12-14-29-41(38)45)43(39)32-17-15-24-36(31-32)46(33-18-5-2-6-19-33,34-20-7-3-8-21-34)35-22-9-4-10-23-35/h2-31H. The van der Waals surface area contributed by atoms with Gasteiger partial charge in [-0.15, -0.1) is 0 Å². The van der Waals surface area contributed by atoms with Gasteiger partial charge in [0.2, 0.25) is 0 Å². The molecular weight excluding hydrogens is 573 g/mol. The van der Waals surface area contributed by atoms with Crippen LogP contribution in [0.15, 0.2) is 182 Å². The molecule has 0 atom stereocenters. The smallest absolute Gasteiger partial charge is 0.196 e. The van der Waals surface area contributed by atoms with Crippen LogP contribution in [0, 0.1) is 6.57 Å². The minimum absolute atomic E-state index is 0.642. The maximum absolute atomic E-state index is 8.29. The highest BCUT2D eigenvalue weighted by molar-refractivity contribution is 7.19. The molecule has 0 aliphatic rings. The van der Waals surface area contributed by atoms with Gasteiger partial charge in [-0.25, -0.2) is 4.85 Å². The van der Waals surface area contributed by atoms with Gasteiger partial charge in [-0.3, -0.25) is 0 Å². The first-order valence-electron chi connectivity index (χ1n) is 15.6. The van der Waals surface area contributed by atoms with E-state index in [0.29, 0.717) is 5.69 Å². The predicted molar refractivity (Wildman–Crippen MR) is 196 cm³/mol. The van der Waals surface area contributed by atoms with E-state index in [9.17, 15) is 0 Å². The van der Waals surface area contributed by atoms with Gasteiger partial charge >= 0.3 is 0 Å². The molecule has 0 saturated heterocycles. The first kappa shape index (κ1) is 27.6. The molecule has 216 valence electrons. The summed E-state index contributed by atoms with van der Waals surface area (Å²) in [6, 6.07) is 65.2. The third-order valence-corrected chi connectivity index (χ3v) is 13.9. The summed E-state index contributed by atoms with van der Waals surface area (Å²) in [5.41, 5.74) is 5.90. The molecule has 0 bridgehead atoms. The summed E-state index contributed by atoms with van der Waals surface area (Å²) >= 11 is 0. The van der Waals surface area contributed by atoms with Crippen molar-refractivity contribution in [2.45, 2.75) is 0 Å². The fourth-order valence-electron chi connectivity index (χ4n) is 7.26. The van der Waals surface area contributed by atoms with E-state index < -0.39 is 8.07 Å². The molecule has 0 N–H and O–H groups in total. The van der Waals surface area contributed by atoms with Crippen molar-refractivity contribution in [1.82, 2.24) is 4.57 Å². The molecule has 2 nitrogen and oxygen atoms in total. The van der Waals surface area contributed by atoms with Crippen LogP contribution in [0.2, 0.25) is 0 Å². The average molecular weight is 603 g/mol. The molecule has 1 aromatic heterocycles. The van der Waals surface area contributed by atoms with Crippen LogP contribution in [0.4, 0.5) is 5.69 Å². The number of nitrogens with zero attached hydrogens (tertiary/aromatic N) is 2. The third kappa shape index (κ3) is 4.31. The molecule has 3 heteroatoms. The van der Waals surface area contributed by atoms with Crippen molar-refractivity contribution in [3.63, 3.8) is 0 Å². The van der Waals surface area contributed by atoms with Gasteiger partial charge in [0.25, 0.3) is 0 Å². The van der Waals surface area contributed by atoms with E-state index in [1.54, 1.807) is 0 Å². The molecule has 46 heavy (non-hydrogen) atoms. The van der Waals surface area contributed by atoms with E-state index >= 15 is 0 Å². The van der Waals surface area contributed by atoms with Crippen LogP contribution < -0.4 is 20.7 Å². The van der Waals surface area contributed by atoms with Gasteiger partial charge in [0.1, 0.15) is 0 Å². The quantitative estimate of drug-likeness (QED) is 0.103. The summed E-state index contributed by atoms with van der Waals surface area (Å²) in [5.74, 6) is 0. The molecule has 8 aromatic rings. The maximum Gasteiger partial charge on any atom is 0.196 e. The Morgan fingerprint density at radius 1 is 0.435 bits per heavy atom. The van der Waals surface area contributed by atoms with Gasteiger partial charge in [0.05, 0.1) is 17.6 Å². The summed E-state index contributed by atoms with van der Waals surface area (Å²) in [6.07, 6.45) is 0. The van der Waals surface area contributed by atoms with Crippen LogP contribution in [-0.4, -0.2) is 12.6 Å². The highest BCUT2D eigenvalue weighted by atomic mass is 28.3. The summed E-state index contributed by atoms with van der Waals surface area (Å²) in [6.45, 7) is 8.29. The van der Waals surface area contributed by atoms with Gasteiger partial charge in [-0.05, 0) is 44.5 Å². The Hall–Kier alpha value is -5.95. The van der Waals surface area contributed by atoms with Gasteiger partial charge in [0, 0.05) is 22.0 Å². The van der Waals surface area contributed by atoms with Gasteiger partial charge < -0.3 is 4.57 Å². The molecule has 0 amide bonds. The summed E-state index contributed by atoms with van der Waals surface area (Å²) in [7, 11) is -2.75. The second-order valence-corrected chi connectivity index (χ2v) is 15.4. The monoisotopic (exact) mass is 602 g/mol. The lowest BCUT2D eigenvalue weighted by Gasteiger charge is -2.34. The maximum atomic E-state index is 8.29. The van der Waals surface area contributed by atoms with Crippen molar-refractivity contribution < 1.29 is 0 Å². The Kier molecular flexibility index (Phi) is 6.91. The molecule has 0 unspecified atom stereocenters. The van der Waals surface area contributed by atoms with Crippen LogP contribution >= 0.6 is 0 Å². The molecular formula is C43H30N2Si. The Bertz CT molecular complexity index is 2220. The van der Waals surface area contributed by atoms with Crippen molar-refractivity contribution in [3.05, 3.63) is 193 Å². The van der Waals surface area contributed by atoms with Crippen molar-refractivity contribution in [2.24, 2.45) is 0 Å². The van der Waals surface area contributed by atoms with E-state index in [1.807, 2.05) is 12.1 Å². The summed E-state index contributed by atoms with van der Waals surface area (Å²) < 4.78 is 2.33. The van der Waals surface area contributed by atoms with Crippen LogP contribution in [-0.2, 0) is 0 Å². The van der Waals surface area contributed by atoms with Crippen molar-refractivity contribution in [3.8, 4) is 16.8 Å². The molecule has 0 fully saturated rings. The number of hydrogen-bond acceptors (Lipinski definition) is 0. The zero-order valence-electron chi connectivity index (χ0n) is 25.2. The van der Waals surface area contributed by atoms with Crippen LogP contribution in [0.25, 0.3) is 43.5 Å². The van der Waals surface area contributed by atoms with Crippen molar-refractivity contribution in [2.75, 3.05) is 0 Å². The zero-order valence-corrected chi connectivity index (χ0v) is 26.2. The first-order chi connectivity index (χ1) is 22.8. The molecule has 0 spiro atoms. The minimum Gasteiger partial charge on any atom is -0.310 e. The fraction of sp³-hybridized carbons (Fsp3) is 0. The van der Waals surface area contributed by atoms with Crippen molar-refractivity contribution >= 4 is 56.3 Å². The Labute approximate surface area is 270 Å². The number of benzene rings is 7. The predicted octanol–water partition coefficient (Wildman–Crippen LogP) is 8.38. The third-order valence-electron chi connectivity index (χ3n) is 9.17. The lowest BCUT2D eigenvalue weighted by atomic mass is 10.0. The number of para-hydroxylation sites is 2. The van der Waals surface area contributed by atoms with E-state index in [4.69, 9.17) is 6.57 Å². The van der Waals surface area contributed by atoms with Crippen LogP contribution in [0.5, 0.6) is 0 Å². The molecule has 0 saturated carbocycles. The largest absolute Gasteiger partial charge is 0.310 e. The topological polar surface area (TPSA) is 9.29 Å². The Morgan fingerprint density at radius 2 is 0.891 bits per heavy atom. The Balaban J connectivity index is 1.45. The van der Waals surface area contributed by atoms with Crippen LogP contribution in [0.3, 0.4) is 0 Å². The highest BCUT2D eigenvalue weighted by Crippen LogP contribution is 2.40. The highest BCUT2D eigenvalue weighted by Gasteiger charge is 2.41. The Morgan fingerprint density at radius 3 is 1.41 bits per heavy atom. The molecule has 0 aliphatic heterocycles. The van der Waals surface area contributed by atoms with Gasteiger partial charge in [-0.2, -0.15) is 0 Å². The summed E-state index contributed by atoms with van der Waals surface area (Å²) in [5, 5.41) is 7.66. The number of hydrogen-bond donors (Lipinski definition) is 0. The minimum atomic E-state index is -2.75. The molecule has 0 radical (unpaired) electrons. The van der Waals surface area contributed by atoms with Crippen LogP contribution in [0.1, 0.15) is 0 Å². The molecule has 0 aliphatic carbocycles. The number of fused-ring (bicyclic) bond motifs is 3. The summed E-state index contributed by atoms with van der Waals surface area (Å²) in [4.78, 5) is 4.09. The number of rotatable bonds is 6. The SMILES string of the molecule is [C-]#[N+]c1cccc(-n2c3ccccc3c3ccccc32)c1-c1cccc([Si](c2ccccc2)(c2ccccc2)c2ccccc2)c1.